The molecule has 0 spiro atoms. The van der Waals surface area contributed by atoms with Crippen molar-refractivity contribution in [3.05, 3.63) is 28.2 Å². The van der Waals surface area contributed by atoms with E-state index in [0.717, 1.165) is 6.42 Å². The van der Waals surface area contributed by atoms with Gasteiger partial charge in [0.15, 0.2) is 11.2 Å². The molecule has 6 nitrogen and oxygen atoms in total. The quantitative estimate of drug-likeness (QED) is 0.795. The van der Waals surface area contributed by atoms with E-state index in [4.69, 9.17) is 10.5 Å². The molecule has 3 heterocycles. The molecule has 7 heteroatoms. The van der Waals surface area contributed by atoms with E-state index in [-0.39, 0.29) is 0 Å². The molecular formula is C13H15N5OS. The zero-order chi connectivity index (χ0) is 14.1. The number of methoxy groups -OCH3 is 1. The summed E-state index contributed by atoms with van der Waals surface area (Å²) >= 11 is 1.78. The third kappa shape index (κ3) is 2.09. The van der Waals surface area contributed by atoms with Crippen molar-refractivity contribution in [1.82, 2.24) is 19.5 Å². The molecule has 0 bridgehead atoms. The van der Waals surface area contributed by atoms with Crippen LogP contribution in [0, 0.1) is 0 Å². The van der Waals surface area contributed by atoms with Gasteiger partial charge in [0.1, 0.15) is 6.33 Å². The van der Waals surface area contributed by atoms with E-state index in [0.29, 0.717) is 29.5 Å². The van der Waals surface area contributed by atoms with Crippen molar-refractivity contribution in [2.75, 3.05) is 12.8 Å². The summed E-state index contributed by atoms with van der Waals surface area (Å²) in [5.41, 5.74) is 7.29. The Hall–Kier alpha value is -2.15. The summed E-state index contributed by atoms with van der Waals surface area (Å²) in [6, 6.07) is 4.26. The first-order valence-corrected chi connectivity index (χ1v) is 7.12. The minimum Gasteiger partial charge on any atom is -0.479 e. The van der Waals surface area contributed by atoms with Gasteiger partial charge in [-0.3, -0.25) is 4.57 Å². The molecule has 0 atom stereocenters. The fourth-order valence-corrected chi connectivity index (χ4v) is 3.04. The Labute approximate surface area is 120 Å². The molecule has 0 aliphatic carbocycles. The number of ether oxygens (including phenoxy) is 1. The third-order valence-electron chi connectivity index (χ3n) is 3.10. The fraction of sp³-hybridized carbons (Fsp3) is 0.308. The van der Waals surface area contributed by atoms with E-state index in [1.165, 1.54) is 16.1 Å². The van der Waals surface area contributed by atoms with Crippen LogP contribution in [-0.4, -0.2) is 26.6 Å². The standard InChI is InChI=1S/C13H15N5OS/c1-3-8-4-5-9(20-8)6-18-11-10(17-13(18)14)12(19-2)16-7-15-11/h4-5,7H,3,6H2,1-2H3,(H2,14,17). The van der Waals surface area contributed by atoms with Crippen LogP contribution in [0.5, 0.6) is 5.88 Å². The van der Waals surface area contributed by atoms with Crippen LogP contribution in [0.4, 0.5) is 5.95 Å². The summed E-state index contributed by atoms with van der Waals surface area (Å²) in [6.45, 7) is 2.81. The highest BCUT2D eigenvalue weighted by molar-refractivity contribution is 7.11. The van der Waals surface area contributed by atoms with Gasteiger partial charge >= 0.3 is 0 Å². The van der Waals surface area contributed by atoms with Gasteiger partial charge in [-0.15, -0.1) is 11.3 Å². The lowest BCUT2D eigenvalue weighted by atomic mass is 10.3. The van der Waals surface area contributed by atoms with Gasteiger partial charge in [-0.05, 0) is 18.6 Å². The second-order valence-electron chi connectivity index (χ2n) is 4.33. The van der Waals surface area contributed by atoms with E-state index in [2.05, 4.69) is 34.0 Å². The molecule has 0 aliphatic heterocycles. The van der Waals surface area contributed by atoms with Crippen LogP contribution in [0.15, 0.2) is 18.5 Å². The van der Waals surface area contributed by atoms with Gasteiger partial charge in [0.05, 0.1) is 13.7 Å². The zero-order valence-corrected chi connectivity index (χ0v) is 12.1. The summed E-state index contributed by atoms with van der Waals surface area (Å²) in [4.78, 5) is 15.2. The predicted molar refractivity (Wildman–Crippen MR) is 79.1 cm³/mol. The number of aromatic nitrogens is 4. The van der Waals surface area contributed by atoms with Crippen molar-refractivity contribution in [3.63, 3.8) is 0 Å². The number of imidazole rings is 1. The topological polar surface area (TPSA) is 78.9 Å². The average Bonchev–Trinajstić information content (AvgIpc) is 3.04. The lowest BCUT2D eigenvalue weighted by Gasteiger charge is -2.03. The first-order valence-electron chi connectivity index (χ1n) is 6.31. The molecular weight excluding hydrogens is 274 g/mol. The molecule has 0 aliphatic rings. The lowest BCUT2D eigenvalue weighted by molar-refractivity contribution is 0.401. The first kappa shape index (κ1) is 12.9. The van der Waals surface area contributed by atoms with Gasteiger partial charge in [-0.25, -0.2) is 9.97 Å². The molecule has 20 heavy (non-hydrogen) atoms. The highest BCUT2D eigenvalue weighted by Crippen LogP contribution is 2.25. The number of nitrogens with zero attached hydrogens (tertiary/aromatic N) is 4. The zero-order valence-electron chi connectivity index (χ0n) is 11.3. The van der Waals surface area contributed by atoms with E-state index < -0.39 is 0 Å². The van der Waals surface area contributed by atoms with Crippen LogP contribution < -0.4 is 10.5 Å². The van der Waals surface area contributed by atoms with Crippen LogP contribution in [0.2, 0.25) is 0 Å². The molecule has 2 N–H and O–H groups in total. The number of rotatable bonds is 4. The largest absolute Gasteiger partial charge is 0.479 e. The summed E-state index contributed by atoms with van der Waals surface area (Å²) in [7, 11) is 1.56. The molecule has 0 unspecified atom stereocenters. The molecule has 3 aromatic heterocycles. The highest BCUT2D eigenvalue weighted by Gasteiger charge is 2.15. The summed E-state index contributed by atoms with van der Waals surface area (Å²) in [5.74, 6) is 0.867. The highest BCUT2D eigenvalue weighted by atomic mass is 32.1. The number of anilines is 1. The van der Waals surface area contributed by atoms with Gasteiger partial charge in [-0.1, -0.05) is 6.92 Å². The van der Waals surface area contributed by atoms with Crippen LogP contribution in [0.1, 0.15) is 16.7 Å². The average molecular weight is 289 g/mol. The smallest absolute Gasteiger partial charge is 0.245 e. The maximum absolute atomic E-state index is 6.00. The number of hydrogen-bond donors (Lipinski definition) is 1. The fourth-order valence-electron chi connectivity index (χ4n) is 2.09. The minimum atomic E-state index is 0.422. The lowest BCUT2D eigenvalue weighted by Crippen LogP contribution is -2.04. The monoisotopic (exact) mass is 289 g/mol. The van der Waals surface area contributed by atoms with E-state index in [1.54, 1.807) is 18.4 Å². The molecule has 3 rings (SSSR count). The summed E-state index contributed by atoms with van der Waals surface area (Å²) in [6.07, 6.45) is 2.51. The van der Waals surface area contributed by atoms with Gasteiger partial charge in [0.25, 0.3) is 0 Å². The Morgan fingerprint density at radius 2 is 2.10 bits per heavy atom. The van der Waals surface area contributed by atoms with E-state index in [1.807, 2.05) is 4.57 Å². The Morgan fingerprint density at radius 3 is 2.80 bits per heavy atom. The van der Waals surface area contributed by atoms with Crippen molar-refractivity contribution in [2.45, 2.75) is 19.9 Å². The van der Waals surface area contributed by atoms with E-state index >= 15 is 0 Å². The summed E-state index contributed by atoms with van der Waals surface area (Å²) in [5, 5.41) is 0. The number of nitrogen functional groups attached to an aromatic ring is 1. The van der Waals surface area contributed by atoms with Crippen molar-refractivity contribution in [3.8, 4) is 5.88 Å². The van der Waals surface area contributed by atoms with Gasteiger partial charge in [0, 0.05) is 9.75 Å². The molecule has 0 aromatic carbocycles. The second kappa shape index (κ2) is 5.09. The van der Waals surface area contributed by atoms with Gasteiger partial charge in [-0.2, -0.15) is 4.98 Å². The van der Waals surface area contributed by atoms with Crippen LogP contribution in [-0.2, 0) is 13.0 Å². The molecule has 104 valence electrons. The van der Waals surface area contributed by atoms with Crippen molar-refractivity contribution < 1.29 is 4.74 Å². The first-order chi connectivity index (χ1) is 9.72. The maximum atomic E-state index is 6.00. The van der Waals surface area contributed by atoms with Gasteiger partial charge in [0.2, 0.25) is 11.8 Å². The Morgan fingerprint density at radius 1 is 1.30 bits per heavy atom. The SMILES string of the molecule is CCc1ccc(Cn2c(N)nc3c(OC)ncnc32)s1. The van der Waals surface area contributed by atoms with Crippen molar-refractivity contribution in [2.24, 2.45) is 0 Å². The number of fused-ring (bicyclic) bond motifs is 1. The molecule has 0 saturated heterocycles. The Balaban J connectivity index is 2.04. The normalized spacial score (nSPS) is 11.1. The molecule has 0 radical (unpaired) electrons. The van der Waals surface area contributed by atoms with Crippen molar-refractivity contribution in [1.29, 1.82) is 0 Å². The van der Waals surface area contributed by atoms with Crippen LogP contribution in [0.3, 0.4) is 0 Å². The number of aryl methyl sites for hydroxylation is 1. The maximum Gasteiger partial charge on any atom is 0.245 e. The third-order valence-corrected chi connectivity index (χ3v) is 4.32. The molecule has 0 amide bonds. The van der Waals surface area contributed by atoms with E-state index in [9.17, 15) is 0 Å². The second-order valence-corrected chi connectivity index (χ2v) is 5.59. The number of thiophene rings is 1. The van der Waals surface area contributed by atoms with Crippen LogP contribution >= 0.6 is 11.3 Å². The molecule has 0 fully saturated rings. The minimum absolute atomic E-state index is 0.422. The number of nitrogens with two attached hydrogens (primary N) is 1. The Kier molecular flexibility index (Phi) is 3.27. The molecule has 3 aromatic rings. The van der Waals surface area contributed by atoms with Crippen molar-refractivity contribution >= 4 is 28.4 Å². The number of hydrogen-bond acceptors (Lipinski definition) is 6. The van der Waals surface area contributed by atoms with Gasteiger partial charge < -0.3 is 10.5 Å². The summed E-state index contributed by atoms with van der Waals surface area (Å²) < 4.78 is 7.07. The Bertz CT molecular complexity index is 748. The molecule has 0 saturated carbocycles. The van der Waals surface area contributed by atoms with Crippen LogP contribution in [0.25, 0.3) is 11.2 Å². The predicted octanol–water partition coefficient (Wildman–Crippen LogP) is 2.09.